The molecular weight excluding hydrogens is 469 g/mol. The van der Waals surface area contributed by atoms with Crippen molar-refractivity contribution in [3.05, 3.63) is 89.2 Å². The molecule has 0 saturated carbocycles. The second-order valence-corrected chi connectivity index (χ2v) is 9.70. The highest BCUT2D eigenvalue weighted by molar-refractivity contribution is 6.01. The van der Waals surface area contributed by atoms with E-state index < -0.39 is 11.9 Å². The normalized spacial score (nSPS) is 12.1. The van der Waals surface area contributed by atoms with Gasteiger partial charge in [-0.1, -0.05) is 49.4 Å². The van der Waals surface area contributed by atoms with E-state index in [1.54, 1.807) is 12.1 Å². The molecule has 3 aromatic carbocycles. The first kappa shape index (κ1) is 26.0. The number of aryl methyl sites for hydroxylation is 2. The van der Waals surface area contributed by atoms with Crippen molar-refractivity contribution in [3.8, 4) is 0 Å². The summed E-state index contributed by atoms with van der Waals surface area (Å²) in [6.45, 7) is 8.46. The Balaban J connectivity index is 1.78. The lowest BCUT2D eigenvalue weighted by Crippen LogP contribution is -2.45. The van der Waals surface area contributed by atoms with Crippen LogP contribution in [-0.2, 0) is 16.1 Å². The molecule has 0 fully saturated rings. The van der Waals surface area contributed by atoms with E-state index in [-0.39, 0.29) is 18.4 Å². The molecule has 2 amide bonds. The van der Waals surface area contributed by atoms with Crippen molar-refractivity contribution in [1.82, 2.24) is 20.3 Å². The fourth-order valence-corrected chi connectivity index (χ4v) is 4.19. The number of amides is 2. The van der Waals surface area contributed by atoms with Crippen molar-refractivity contribution < 1.29 is 14.0 Å². The summed E-state index contributed by atoms with van der Waals surface area (Å²) in [4.78, 5) is 29.2. The van der Waals surface area contributed by atoms with Crippen LogP contribution >= 0.6 is 0 Å². The van der Waals surface area contributed by atoms with Crippen LogP contribution in [-0.4, -0.2) is 33.4 Å². The van der Waals surface area contributed by atoms with Crippen molar-refractivity contribution in [2.45, 2.75) is 46.7 Å². The van der Waals surface area contributed by atoms with Gasteiger partial charge in [-0.25, -0.2) is 9.07 Å². The molecule has 192 valence electrons. The Hall–Kier alpha value is -4.07. The number of nitrogens with zero attached hydrogens (tertiary/aromatic N) is 4. The lowest BCUT2D eigenvalue weighted by Gasteiger charge is -2.32. The lowest BCUT2D eigenvalue weighted by atomic mass is 10.0. The van der Waals surface area contributed by atoms with Gasteiger partial charge in [-0.3, -0.25) is 14.5 Å². The van der Waals surface area contributed by atoms with Gasteiger partial charge in [-0.15, -0.1) is 5.10 Å². The van der Waals surface area contributed by atoms with Crippen LogP contribution < -0.4 is 10.2 Å². The Morgan fingerprint density at radius 2 is 1.73 bits per heavy atom. The maximum atomic E-state index is 14.0. The fraction of sp³-hybridized carbons (Fsp3) is 0.310. The summed E-state index contributed by atoms with van der Waals surface area (Å²) in [7, 11) is 0. The number of hydrogen-bond acceptors (Lipinski definition) is 4. The number of carbonyl (C=O) groups is 2. The highest BCUT2D eigenvalue weighted by Gasteiger charge is 2.33. The molecule has 0 bridgehead atoms. The molecule has 7 nitrogen and oxygen atoms in total. The molecule has 0 aliphatic heterocycles. The average molecular weight is 502 g/mol. The molecule has 1 atom stereocenters. The third-order valence-corrected chi connectivity index (χ3v) is 6.46. The summed E-state index contributed by atoms with van der Waals surface area (Å²) >= 11 is 0. The van der Waals surface area contributed by atoms with Crippen molar-refractivity contribution in [3.63, 3.8) is 0 Å². The zero-order chi connectivity index (χ0) is 26.5. The molecule has 1 unspecified atom stereocenters. The second-order valence-electron chi connectivity index (χ2n) is 9.70. The van der Waals surface area contributed by atoms with Gasteiger partial charge in [0.15, 0.2) is 0 Å². The summed E-state index contributed by atoms with van der Waals surface area (Å²) in [5.41, 5.74) is 4.53. The van der Waals surface area contributed by atoms with Crippen molar-refractivity contribution >= 4 is 28.5 Å². The third-order valence-electron chi connectivity index (χ3n) is 6.46. The first-order valence-electron chi connectivity index (χ1n) is 12.5. The van der Waals surface area contributed by atoms with E-state index in [1.165, 1.54) is 21.7 Å². The minimum Gasteiger partial charge on any atom is -0.354 e. The minimum absolute atomic E-state index is 0.121. The Labute approximate surface area is 216 Å². The monoisotopic (exact) mass is 501 g/mol. The summed E-state index contributed by atoms with van der Waals surface area (Å²) in [6, 6.07) is 17.7. The summed E-state index contributed by atoms with van der Waals surface area (Å²) in [5, 5.41) is 11.3. The molecule has 0 aliphatic carbocycles. The van der Waals surface area contributed by atoms with Crippen LogP contribution in [0.5, 0.6) is 0 Å². The molecule has 0 aliphatic rings. The number of anilines is 1. The van der Waals surface area contributed by atoms with Crippen LogP contribution in [0.4, 0.5) is 10.1 Å². The van der Waals surface area contributed by atoms with Crippen LogP contribution in [0.15, 0.2) is 66.7 Å². The summed E-state index contributed by atoms with van der Waals surface area (Å²) in [5.74, 6) is -0.682. The number of carbonyl (C=O) groups excluding carboxylic acids is 2. The van der Waals surface area contributed by atoms with Gasteiger partial charge in [0, 0.05) is 12.2 Å². The Morgan fingerprint density at radius 1 is 1.00 bits per heavy atom. The van der Waals surface area contributed by atoms with Crippen molar-refractivity contribution in [2.24, 2.45) is 5.92 Å². The molecule has 37 heavy (non-hydrogen) atoms. The standard InChI is InChI=1S/C29H32FN5O2/c1-19(2)15-16-31-29(37)28(22-10-12-23(30)13-11-22)35(24-14-9-20(3)21(4)17-24)27(36)18-34-26-8-6-5-7-25(26)32-33-34/h5-14,17,19,28H,15-16,18H2,1-4H3,(H,31,37). The molecule has 0 radical (unpaired) electrons. The fourth-order valence-electron chi connectivity index (χ4n) is 4.19. The van der Waals surface area contributed by atoms with Crippen LogP contribution in [0, 0.1) is 25.6 Å². The molecule has 1 aromatic heterocycles. The first-order chi connectivity index (χ1) is 17.7. The SMILES string of the molecule is Cc1ccc(N(C(=O)Cn2nnc3ccccc32)C(C(=O)NCCC(C)C)c2ccc(F)cc2)cc1C. The molecule has 4 aromatic rings. The van der Waals surface area contributed by atoms with Gasteiger partial charge >= 0.3 is 0 Å². The average Bonchev–Trinajstić information content (AvgIpc) is 3.27. The van der Waals surface area contributed by atoms with Gasteiger partial charge in [-0.2, -0.15) is 0 Å². The van der Waals surface area contributed by atoms with E-state index in [0.29, 0.717) is 29.2 Å². The molecule has 8 heteroatoms. The van der Waals surface area contributed by atoms with Crippen LogP contribution in [0.1, 0.15) is 43.0 Å². The number of nitrogens with one attached hydrogen (secondary N) is 1. The lowest BCUT2D eigenvalue weighted by molar-refractivity contribution is -0.127. The number of halogens is 1. The maximum Gasteiger partial charge on any atom is 0.249 e. The third kappa shape index (κ3) is 6.02. The van der Waals surface area contributed by atoms with E-state index in [1.807, 2.05) is 56.3 Å². The number of para-hydroxylation sites is 1. The van der Waals surface area contributed by atoms with Crippen LogP contribution in [0.25, 0.3) is 11.0 Å². The molecule has 0 spiro atoms. The molecule has 0 saturated heterocycles. The van der Waals surface area contributed by atoms with E-state index in [9.17, 15) is 14.0 Å². The predicted octanol–water partition coefficient (Wildman–Crippen LogP) is 5.12. The predicted molar refractivity (Wildman–Crippen MR) is 143 cm³/mol. The summed E-state index contributed by atoms with van der Waals surface area (Å²) < 4.78 is 15.4. The van der Waals surface area contributed by atoms with E-state index in [4.69, 9.17) is 0 Å². The summed E-state index contributed by atoms with van der Waals surface area (Å²) in [6.07, 6.45) is 0.796. The molecular formula is C29H32FN5O2. The molecule has 1 heterocycles. The highest BCUT2D eigenvalue weighted by atomic mass is 19.1. The first-order valence-corrected chi connectivity index (χ1v) is 12.5. The number of benzene rings is 3. The maximum absolute atomic E-state index is 14.0. The topological polar surface area (TPSA) is 80.1 Å². The van der Waals surface area contributed by atoms with Gasteiger partial charge in [0.05, 0.1) is 5.52 Å². The number of hydrogen-bond donors (Lipinski definition) is 1. The van der Waals surface area contributed by atoms with Gasteiger partial charge in [-0.05, 0) is 79.3 Å². The Kier molecular flexibility index (Phi) is 7.96. The Bertz CT molecular complexity index is 1400. The zero-order valence-electron chi connectivity index (χ0n) is 21.6. The van der Waals surface area contributed by atoms with E-state index in [0.717, 1.165) is 23.1 Å². The molecule has 4 rings (SSSR count). The molecule has 1 N–H and O–H groups in total. The van der Waals surface area contributed by atoms with Gasteiger partial charge in [0.25, 0.3) is 0 Å². The second kappa shape index (κ2) is 11.3. The number of aromatic nitrogens is 3. The van der Waals surface area contributed by atoms with Crippen LogP contribution in [0.3, 0.4) is 0 Å². The Morgan fingerprint density at radius 3 is 2.43 bits per heavy atom. The van der Waals surface area contributed by atoms with Crippen molar-refractivity contribution in [1.29, 1.82) is 0 Å². The number of fused-ring (bicyclic) bond motifs is 1. The van der Waals surface area contributed by atoms with Crippen molar-refractivity contribution in [2.75, 3.05) is 11.4 Å². The van der Waals surface area contributed by atoms with E-state index >= 15 is 0 Å². The number of rotatable bonds is 9. The minimum atomic E-state index is -1.00. The van der Waals surface area contributed by atoms with E-state index in [2.05, 4.69) is 29.5 Å². The van der Waals surface area contributed by atoms with Gasteiger partial charge < -0.3 is 5.32 Å². The zero-order valence-corrected chi connectivity index (χ0v) is 21.6. The quantitative estimate of drug-likeness (QED) is 0.345. The highest BCUT2D eigenvalue weighted by Crippen LogP contribution is 2.30. The van der Waals surface area contributed by atoms with Gasteiger partial charge in [0.1, 0.15) is 23.9 Å². The van der Waals surface area contributed by atoms with Gasteiger partial charge in [0.2, 0.25) is 11.8 Å². The van der Waals surface area contributed by atoms with Crippen LogP contribution in [0.2, 0.25) is 0 Å². The smallest absolute Gasteiger partial charge is 0.249 e. The largest absolute Gasteiger partial charge is 0.354 e.